The average molecular weight is 341 g/mol. The molecule has 1 nitrogen and oxygen atoms in total. The van der Waals surface area contributed by atoms with Gasteiger partial charge < -0.3 is 0 Å². The number of carbonyl (C=O) groups is 1. The van der Waals surface area contributed by atoms with Gasteiger partial charge in [0.05, 0.1) is 0 Å². The van der Waals surface area contributed by atoms with Crippen molar-refractivity contribution < 1.29 is 9.18 Å². The standard InChI is InChI=1S/C17H22BrFO/c1-12(2)11-17(7-3-4-8-17)16(20)9-13-5-6-14(18)10-15(13)19/h5-6,10,12H,3-4,7-9,11H2,1-2H3. The van der Waals surface area contributed by atoms with E-state index >= 15 is 0 Å². The number of carbonyl (C=O) groups excluding carboxylic acids is 1. The number of ketones is 1. The Balaban J connectivity index is 2.16. The normalized spacial score (nSPS) is 17.6. The highest BCUT2D eigenvalue weighted by Crippen LogP contribution is 2.44. The van der Waals surface area contributed by atoms with E-state index in [4.69, 9.17) is 0 Å². The second-order valence-electron chi connectivity index (χ2n) is 6.42. The molecule has 1 aromatic carbocycles. The second kappa shape index (κ2) is 6.38. The minimum Gasteiger partial charge on any atom is -0.299 e. The molecule has 110 valence electrons. The van der Waals surface area contributed by atoms with E-state index in [0.717, 1.165) is 32.1 Å². The third kappa shape index (κ3) is 3.49. The van der Waals surface area contributed by atoms with Crippen molar-refractivity contribution in [2.24, 2.45) is 11.3 Å². The van der Waals surface area contributed by atoms with Crippen LogP contribution in [0.3, 0.4) is 0 Å². The molecule has 2 rings (SSSR count). The summed E-state index contributed by atoms with van der Waals surface area (Å²) < 4.78 is 14.6. The molecule has 0 N–H and O–H groups in total. The lowest BCUT2D eigenvalue weighted by Crippen LogP contribution is -2.31. The van der Waals surface area contributed by atoms with Crippen LogP contribution in [0.25, 0.3) is 0 Å². The van der Waals surface area contributed by atoms with E-state index in [1.807, 2.05) is 0 Å². The summed E-state index contributed by atoms with van der Waals surface area (Å²) in [5, 5.41) is 0. The first-order chi connectivity index (χ1) is 9.43. The second-order valence-corrected chi connectivity index (χ2v) is 7.34. The van der Waals surface area contributed by atoms with Crippen molar-refractivity contribution in [2.45, 2.75) is 52.4 Å². The number of Topliss-reactive ketones (excluding diaryl/α,β-unsaturated/α-hetero) is 1. The zero-order valence-corrected chi connectivity index (χ0v) is 13.8. The van der Waals surface area contributed by atoms with Gasteiger partial charge in [-0.05, 0) is 42.9 Å². The molecular formula is C17H22BrFO. The molecule has 0 amide bonds. The largest absolute Gasteiger partial charge is 0.299 e. The van der Waals surface area contributed by atoms with Crippen molar-refractivity contribution in [3.8, 4) is 0 Å². The number of halogens is 2. The van der Waals surface area contributed by atoms with Gasteiger partial charge in [-0.2, -0.15) is 0 Å². The van der Waals surface area contributed by atoms with Crippen LogP contribution in [-0.4, -0.2) is 5.78 Å². The van der Waals surface area contributed by atoms with E-state index in [-0.39, 0.29) is 23.4 Å². The van der Waals surface area contributed by atoms with Crippen LogP contribution >= 0.6 is 15.9 Å². The monoisotopic (exact) mass is 340 g/mol. The molecule has 1 saturated carbocycles. The van der Waals surface area contributed by atoms with Crippen LogP contribution in [0.4, 0.5) is 4.39 Å². The van der Waals surface area contributed by atoms with Crippen molar-refractivity contribution in [3.05, 3.63) is 34.1 Å². The van der Waals surface area contributed by atoms with E-state index in [9.17, 15) is 9.18 Å². The van der Waals surface area contributed by atoms with Gasteiger partial charge >= 0.3 is 0 Å². The Morgan fingerprint density at radius 1 is 1.35 bits per heavy atom. The third-order valence-corrected chi connectivity index (χ3v) is 4.81. The predicted molar refractivity (Wildman–Crippen MR) is 83.2 cm³/mol. The molecule has 0 spiro atoms. The minimum atomic E-state index is -0.287. The number of hydrogen-bond donors (Lipinski definition) is 0. The van der Waals surface area contributed by atoms with Gasteiger partial charge in [-0.15, -0.1) is 0 Å². The predicted octanol–water partition coefficient (Wildman–Crippen LogP) is 5.31. The number of hydrogen-bond acceptors (Lipinski definition) is 1. The molecule has 1 aromatic rings. The van der Waals surface area contributed by atoms with E-state index < -0.39 is 0 Å². The summed E-state index contributed by atoms with van der Waals surface area (Å²) >= 11 is 3.25. The Morgan fingerprint density at radius 2 is 2.00 bits per heavy atom. The van der Waals surface area contributed by atoms with E-state index in [2.05, 4.69) is 29.8 Å². The molecule has 3 heteroatoms. The topological polar surface area (TPSA) is 17.1 Å². The maximum Gasteiger partial charge on any atom is 0.143 e. The van der Waals surface area contributed by atoms with Crippen LogP contribution in [0.15, 0.2) is 22.7 Å². The summed E-state index contributed by atoms with van der Waals surface area (Å²) in [6.07, 6.45) is 5.36. The summed E-state index contributed by atoms with van der Waals surface area (Å²) in [7, 11) is 0. The van der Waals surface area contributed by atoms with Crippen molar-refractivity contribution in [1.82, 2.24) is 0 Å². The Hall–Kier alpha value is -0.700. The van der Waals surface area contributed by atoms with Crippen molar-refractivity contribution >= 4 is 21.7 Å². The molecule has 0 unspecified atom stereocenters. The summed E-state index contributed by atoms with van der Waals surface area (Å²) in [4.78, 5) is 12.7. The van der Waals surface area contributed by atoms with Gasteiger partial charge in [-0.25, -0.2) is 4.39 Å². The van der Waals surface area contributed by atoms with Gasteiger partial charge in [0, 0.05) is 16.3 Å². The molecule has 0 radical (unpaired) electrons. The Kier molecular flexibility index (Phi) is 5.00. The fourth-order valence-electron chi connectivity index (χ4n) is 3.46. The average Bonchev–Trinajstić information content (AvgIpc) is 2.81. The lowest BCUT2D eigenvalue weighted by atomic mass is 9.73. The summed E-state index contributed by atoms with van der Waals surface area (Å²) in [6, 6.07) is 4.96. The van der Waals surface area contributed by atoms with Crippen LogP contribution in [0.2, 0.25) is 0 Å². The lowest BCUT2D eigenvalue weighted by molar-refractivity contribution is -0.128. The van der Waals surface area contributed by atoms with Crippen LogP contribution in [0.5, 0.6) is 0 Å². The lowest BCUT2D eigenvalue weighted by Gasteiger charge is -2.29. The number of benzene rings is 1. The quantitative estimate of drug-likeness (QED) is 0.710. The van der Waals surface area contributed by atoms with Gasteiger partial charge in [0.15, 0.2) is 0 Å². The van der Waals surface area contributed by atoms with Crippen LogP contribution in [0.1, 0.15) is 51.5 Å². The highest BCUT2D eigenvalue weighted by molar-refractivity contribution is 9.10. The first-order valence-electron chi connectivity index (χ1n) is 7.40. The highest BCUT2D eigenvalue weighted by atomic mass is 79.9. The first-order valence-corrected chi connectivity index (χ1v) is 8.19. The molecule has 1 aliphatic rings. The molecule has 0 bridgehead atoms. The van der Waals surface area contributed by atoms with E-state index in [1.54, 1.807) is 12.1 Å². The summed E-state index contributed by atoms with van der Waals surface area (Å²) in [6.45, 7) is 4.32. The minimum absolute atomic E-state index is 0.201. The highest BCUT2D eigenvalue weighted by Gasteiger charge is 2.40. The molecule has 0 heterocycles. The first kappa shape index (κ1) is 15.7. The molecule has 1 fully saturated rings. The number of rotatable bonds is 5. The maximum atomic E-state index is 13.9. The molecule has 0 saturated heterocycles. The molecule has 20 heavy (non-hydrogen) atoms. The zero-order valence-electron chi connectivity index (χ0n) is 12.2. The van der Waals surface area contributed by atoms with Gasteiger partial charge in [0.2, 0.25) is 0 Å². The fourth-order valence-corrected chi connectivity index (χ4v) is 3.79. The Labute approximate surface area is 129 Å². The third-order valence-electron chi connectivity index (χ3n) is 4.32. The fraction of sp³-hybridized carbons (Fsp3) is 0.588. The van der Waals surface area contributed by atoms with Crippen LogP contribution in [-0.2, 0) is 11.2 Å². The SMILES string of the molecule is CC(C)CC1(C(=O)Cc2ccc(Br)cc2F)CCCC1. The molecular weight excluding hydrogens is 319 g/mol. The molecule has 1 aliphatic carbocycles. The molecule has 0 aliphatic heterocycles. The van der Waals surface area contributed by atoms with Crippen LogP contribution < -0.4 is 0 Å². The molecule has 0 aromatic heterocycles. The maximum absolute atomic E-state index is 13.9. The summed E-state index contributed by atoms with van der Waals surface area (Å²) in [5.41, 5.74) is 0.321. The van der Waals surface area contributed by atoms with Gasteiger partial charge in [0.1, 0.15) is 11.6 Å². The summed E-state index contributed by atoms with van der Waals surface area (Å²) in [5.74, 6) is 0.446. The smallest absolute Gasteiger partial charge is 0.143 e. The molecule has 0 atom stereocenters. The van der Waals surface area contributed by atoms with Gasteiger partial charge in [-0.3, -0.25) is 4.79 Å². The zero-order chi connectivity index (χ0) is 14.8. The van der Waals surface area contributed by atoms with Gasteiger partial charge in [0.25, 0.3) is 0 Å². The Morgan fingerprint density at radius 3 is 2.55 bits per heavy atom. The van der Waals surface area contributed by atoms with E-state index in [1.165, 1.54) is 6.07 Å². The van der Waals surface area contributed by atoms with E-state index in [0.29, 0.717) is 16.0 Å². The van der Waals surface area contributed by atoms with Crippen molar-refractivity contribution in [1.29, 1.82) is 0 Å². The van der Waals surface area contributed by atoms with Crippen LogP contribution in [0, 0.1) is 17.2 Å². The van der Waals surface area contributed by atoms with Crippen molar-refractivity contribution in [3.63, 3.8) is 0 Å². The van der Waals surface area contributed by atoms with Crippen molar-refractivity contribution in [2.75, 3.05) is 0 Å². The Bertz CT molecular complexity index is 490. The van der Waals surface area contributed by atoms with Gasteiger partial charge in [-0.1, -0.05) is 48.7 Å².